The Balaban J connectivity index is 1.78. The molecule has 0 radical (unpaired) electrons. The zero-order chi connectivity index (χ0) is 14.1. The van der Waals surface area contributed by atoms with Gasteiger partial charge in [0.1, 0.15) is 5.82 Å². The van der Waals surface area contributed by atoms with E-state index in [2.05, 4.69) is 20.4 Å². The normalized spacial score (nSPS) is 12.5. The number of fused-ring (bicyclic) bond motifs is 1. The fourth-order valence-corrected chi connectivity index (χ4v) is 1.98. The topological polar surface area (TPSA) is 83.8 Å². The van der Waals surface area contributed by atoms with Crippen molar-refractivity contribution in [3.05, 3.63) is 47.6 Å². The smallest absolute Gasteiger partial charge is 0.290 e. The number of rotatable bonds is 3. The van der Waals surface area contributed by atoms with Gasteiger partial charge >= 0.3 is 0 Å². The van der Waals surface area contributed by atoms with Gasteiger partial charge in [0.25, 0.3) is 5.91 Å². The molecule has 20 heavy (non-hydrogen) atoms. The fourth-order valence-electron chi connectivity index (χ4n) is 1.98. The molecule has 0 aliphatic rings. The van der Waals surface area contributed by atoms with E-state index in [4.69, 9.17) is 4.52 Å². The van der Waals surface area contributed by atoms with Gasteiger partial charge in [-0.2, -0.15) is 0 Å². The number of aryl methyl sites for hydroxylation is 1. The van der Waals surface area contributed by atoms with Crippen LogP contribution in [0.3, 0.4) is 0 Å². The molecule has 102 valence electrons. The van der Waals surface area contributed by atoms with Crippen molar-refractivity contribution >= 4 is 16.9 Å². The second kappa shape index (κ2) is 4.80. The van der Waals surface area contributed by atoms with Gasteiger partial charge in [-0.05, 0) is 26.0 Å². The number of carbonyl (C=O) groups is 1. The summed E-state index contributed by atoms with van der Waals surface area (Å²) in [5.74, 6) is 0.597. The van der Waals surface area contributed by atoms with E-state index in [9.17, 15) is 4.79 Å². The molecule has 1 aromatic carbocycles. The largest absolute Gasteiger partial charge is 0.351 e. The number of aromatic amines is 1. The predicted octanol–water partition coefficient (Wildman–Crippen LogP) is 2.35. The molecule has 1 atom stereocenters. The molecule has 0 saturated heterocycles. The van der Waals surface area contributed by atoms with Gasteiger partial charge in [0.2, 0.25) is 5.76 Å². The van der Waals surface area contributed by atoms with Crippen LogP contribution in [0.4, 0.5) is 0 Å². The van der Waals surface area contributed by atoms with Crippen molar-refractivity contribution in [2.75, 3.05) is 0 Å². The van der Waals surface area contributed by atoms with Gasteiger partial charge < -0.3 is 14.8 Å². The monoisotopic (exact) mass is 270 g/mol. The maximum absolute atomic E-state index is 12.0. The number of hydrogen-bond acceptors (Lipinski definition) is 4. The van der Waals surface area contributed by atoms with Crippen molar-refractivity contribution in [1.29, 1.82) is 0 Å². The lowest BCUT2D eigenvalue weighted by atomic mass is 10.3. The molecular weight excluding hydrogens is 256 g/mol. The molecule has 3 rings (SSSR count). The van der Waals surface area contributed by atoms with E-state index in [-0.39, 0.29) is 17.7 Å². The zero-order valence-electron chi connectivity index (χ0n) is 11.2. The molecule has 0 aliphatic heterocycles. The first-order valence-corrected chi connectivity index (χ1v) is 6.32. The molecule has 3 aromatic rings. The molecule has 2 aromatic heterocycles. The maximum atomic E-state index is 12.0. The van der Waals surface area contributed by atoms with Crippen LogP contribution in [0.1, 0.15) is 35.0 Å². The minimum absolute atomic E-state index is 0.200. The van der Waals surface area contributed by atoms with E-state index in [1.165, 1.54) is 0 Å². The molecule has 0 aliphatic carbocycles. The Labute approximate surface area is 115 Å². The van der Waals surface area contributed by atoms with Crippen LogP contribution < -0.4 is 5.32 Å². The van der Waals surface area contributed by atoms with Crippen molar-refractivity contribution in [1.82, 2.24) is 20.4 Å². The van der Waals surface area contributed by atoms with Crippen molar-refractivity contribution in [2.45, 2.75) is 19.9 Å². The third-order valence-corrected chi connectivity index (χ3v) is 3.02. The van der Waals surface area contributed by atoms with Crippen LogP contribution >= 0.6 is 0 Å². The Morgan fingerprint density at radius 1 is 1.40 bits per heavy atom. The Bertz CT molecular complexity index is 726. The number of nitrogens with one attached hydrogen (secondary N) is 2. The standard InChI is InChI=1S/C14H14N4O2/c1-8-7-12(20-18-8)14(19)15-9(2)13-16-10-5-3-4-6-11(10)17-13/h3-7,9H,1-2H3,(H,15,19)(H,16,17). The van der Waals surface area contributed by atoms with Gasteiger partial charge in [-0.15, -0.1) is 0 Å². The number of benzene rings is 1. The molecule has 6 nitrogen and oxygen atoms in total. The molecule has 2 N–H and O–H groups in total. The molecule has 0 bridgehead atoms. The van der Waals surface area contributed by atoms with Crippen molar-refractivity contribution < 1.29 is 9.32 Å². The lowest BCUT2D eigenvalue weighted by Gasteiger charge is -2.09. The van der Waals surface area contributed by atoms with Gasteiger partial charge in [0, 0.05) is 6.07 Å². The summed E-state index contributed by atoms with van der Waals surface area (Å²) >= 11 is 0. The van der Waals surface area contributed by atoms with E-state index in [1.54, 1.807) is 13.0 Å². The third kappa shape index (κ3) is 2.27. The number of para-hydroxylation sites is 2. The summed E-state index contributed by atoms with van der Waals surface area (Å²) in [6, 6.07) is 9.07. The lowest BCUT2D eigenvalue weighted by molar-refractivity contribution is 0.0901. The van der Waals surface area contributed by atoms with E-state index >= 15 is 0 Å². The summed E-state index contributed by atoms with van der Waals surface area (Å²) in [6.45, 7) is 3.63. The summed E-state index contributed by atoms with van der Waals surface area (Å²) in [4.78, 5) is 19.6. The van der Waals surface area contributed by atoms with Gasteiger partial charge in [0.15, 0.2) is 0 Å². The number of H-pyrrole nitrogens is 1. The molecule has 0 spiro atoms. The summed E-state index contributed by atoms with van der Waals surface area (Å²) in [6.07, 6.45) is 0. The highest BCUT2D eigenvalue weighted by molar-refractivity contribution is 5.91. The molecule has 6 heteroatoms. The Hall–Kier alpha value is -2.63. The molecule has 2 heterocycles. The zero-order valence-corrected chi connectivity index (χ0v) is 11.2. The average molecular weight is 270 g/mol. The average Bonchev–Trinajstić information content (AvgIpc) is 3.04. The number of carbonyl (C=O) groups excluding carboxylic acids is 1. The van der Waals surface area contributed by atoms with Crippen molar-refractivity contribution in [3.63, 3.8) is 0 Å². The van der Waals surface area contributed by atoms with Crippen LogP contribution in [0.25, 0.3) is 11.0 Å². The summed E-state index contributed by atoms with van der Waals surface area (Å²) in [5.41, 5.74) is 2.49. The van der Waals surface area contributed by atoms with Crippen LogP contribution in [0, 0.1) is 6.92 Å². The minimum atomic E-state index is -0.307. The summed E-state index contributed by atoms with van der Waals surface area (Å²) < 4.78 is 4.93. The lowest BCUT2D eigenvalue weighted by Crippen LogP contribution is -2.27. The van der Waals surface area contributed by atoms with Gasteiger partial charge in [0.05, 0.1) is 22.8 Å². The van der Waals surface area contributed by atoms with Gasteiger partial charge in [-0.3, -0.25) is 4.79 Å². The van der Waals surface area contributed by atoms with Crippen LogP contribution in [-0.4, -0.2) is 21.0 Å². The van der Waals surface area contributed by atoms with Crippen LogP contribution in [-0.2, 0) is 0 Å². The number of hydrogen-bond donors (Lipinski definition) is 2. The minimum Gasteiger partial charge on any atom is -0.351 e. The third-order valence-electron chi connectivity index (χ3n) is 3.02. The first-order chi connectivity index (χ1) is 9.63. The van der Waals surface area contributed by atoms with Crippen molar-refractivity contribution in [3.8, 4) is 0 Å². The number of aromatic nitrogens is 3. The van der Waals surface area contributed by atoms with Crippen molar-refractivity contribution in [2.24, 2.45) is 0 Å². The highest BCUT2D eigenvalue weighted by atomic mass is 16.5. The molecular formula is C14H14N4O2. The maximum Gasteiger partial charge on any atom is 0.290 e. The molecule has 0 fully saturated rings. The number of amides is 1. The Morgan fingerprint density at radius 3 is 2.90 bits per heavy atom. The first-order valence-electron chi connectivity index (χ1n) is 6.32. The second-order valence-electron chi connectivity index (χ2n) is 4.67. The fraction of sp³-hybridized carbons (Fsp3) is 0.214. The molecule has 1 unspecified atom stereocenters. The second-order valence-corrected chi connectivity index (χ2v) is 4.67. The Kier molecular flexibility index (Phi) is 2.98. The predicted molar refractivity (Wildman–Crippen MR) is 73.2 cm³/mol. The SMILES string of the molecule is Cc1cc(C(=O)NC(C)c2nc3ccccc3[nH]2)on1. The van der Waals surface area contributed by atoms with Gasteiger partial charge in [-0.25, -0.2) is 4.98 Å². The van der Waals surface area contributed by atoms with E-state index in [0.29, 0.717) is 11.5 Å². The van der Waals surface area contributed by atoms with Crippen LogP contribution in [0.2, 0.25) is 0 Å². The molecule has 1 amide bonds. The summed E-state index contributed by atoms with van der Waals surface area (Å²) in [5, 5.41) is 6.51. The number of imidazole rings is 1. The van der Waals surface area contributed by atoms with E-state index in [1.807, 2.05) is 31.2 Å². The van der Waals surface area contributed by atoms with Gasteiger partial charge in [-0.1, -0.05) is 17.3 Å². The Morgan fingerprint density at radius 2 is 2.20 bits per heavy atom. The van der Waals surface area contributed by atoms with E-state index in [0.717, 1.165) is 11.0 Å². The molecule has 0 saturated carbocycles. The first kappa shape index (κ1) is 12.4. The quantitative estimate of drug-likeness (QED) is 0.765. The summed E-state index contributed by atoms with van der Waals surface area (Å²) in [7, 11) is 0. The van der Waals surface area contributed by atoms with Crippen LogP contribution in [0.15, 0.2) is 34.9 Å². The van der Waals surface area contributed by atoms with Crippen LogP contribution in [0.5, 0.6) is 0 Å². The highest BCUT2D eigenvalue weighted by Crippen LogP contribution is 2.16. The highest BCUT2D eigenvalue weighted by Gasteiger charge is 2.17. The number of nitrogens with zero attached hydrogens (tertiary/aromatic N) is 2. The van der Waals surface area contributed by atoms with E-state index < -0.39 is 0 Å².